The number of carbonyl (C=O) groups excluding carboxylic acids is 1. The molecule has 112 valence electrons. The number of unbranched alkanes of at least 4 members (excludes halogenated alkanes) is 1. The number of nitrogens with zero attached hydrogens (tertiary/aromatic N) is 3. The van der Waals surface area contributed by atoms with Gasteiger partial charge < -0.3 is 15.2 Å². The van der Waals surface area contributed by atoms with Crippen LogP contribution in [0, 0.1) is 5.82 Å². The molecule has 0 aromatic carbocycles. The largest absolute Gasteiger partial charge is 0.372 e. The van der Waals surface area contributed by atoms with Gasteiger partial charge in [-0.1, -0.05) is 0 Å². The summed E-state index contributed by atoms with van der Waals surface area (Å²) in [7, 11) is 1.64. The molecular formula is C14H18FN5O. The van der Waals surface area contributed by atoms with Crippen LogP contribution in [-0.4, -0.2) is 34.0 Å². The predicted molar refractivity (Wildman–Crippen MR) is 77.5 cm³/mol. The number of halogens is 1. The monoisotopic (exact) mass is 291 g/mol. The van der Waals surface area contributed by atoms with E-state index in [0.717, 1.165) is 25.6 Å². The third-order valence-electron chi connectivity index (χ3n) is 3.02. The molecule has 2 N–H and O–H groups in total. The Balaban J connectivity index is 1.78. The number of rotatable bonds is 7. The highest BCUT2D eigenvalue weighted by Gasteiger charge is 2.12. The highest BCUT2D eigenvalue weighted by Crippen LogP contribution is 2.12. The Kier molecular flexibility index (Phi) is 5.25. The van der Waals surface area contributed by atoms with Crippen molar-refractivity contribution in [2.24, 2.45) is 0 Å². The van der Waals surface area contributed by atoms with Crippen LogP contribution in [0.25, 0.3) is 0 Å². The predicted octanol–water partition coefficient (Wildman–Crippen LogP) is 1.67. The minimum atomic E-state index is -0.528. The fourth-order valence-corrected chi connectivity index (χ4v) is 1.95. The summed E-state index contributed by atoms with van der Waals surface area (Å²) in [4.78, 5) is 19.8. The van der Waals surface area contributed by atoms with Gasteiger partial charge in [-0.05, 0) is 18.9 Å². The maximum absolute atomic E-state index is 13.2. The number of hydrogen-bond acceptors (Lipinski definition) is 4. The molecule has 0 aliphatic heterocycles. The summed E-state index contributed by atoms with van der Waals surface area (Å²) >= 11 is 0. The van der Waals surface area contributed by atoms with Gasteiger partial charge in [0, 0.05) is 32.5 Å². The number of aryl methyl sites for hydroxylation is 1. The highest BCUT2D eigenvalue weighted by molar-refractivity contribution is 5.98. The third-order valence-corrected chi connectivity index (χ3v) is 3.02. The van der Waals surface area contributed by atoms with Crippen LogP contribution in [0.2, 0.25) is 0 Å². The number of carbonyl (C=O) groups is 1. The molecule has 21 heavy (non-hydrogen) atoms. The van der Waals surface area contributed by atoms with E-state index in [9.17, 15) is 9.18 Å². The first-order chi connectivity index (χ1) is 10.2. The Morgan fingerprint density at radius 2 is 2.29 bits per heavy atom. The normalized spacial score (nSPS) is 10.4. The van der Waals surface area contributed by atoms with Crippen molar-refractivity contribution in [1.29, 1.82) is 0 Å². The number of nitrogens with one attached hydrogen (secondary N) is 2. The second-order valence-corrected chi connectivity index (χ2v) is 4.56. The van der Waals surface area contributed by atoms with Gasteiger partial charge in [-0.2, -0.15) is 0 Å². The van der Waals surface area contributed by atoms with Crippen LogP contribution in [0.5, 0.6) is 0 Å². The van der Waals surface area contributed by atoms with Crippen LogP contribution in [0.4, 0.5) is 10.2 Å². The molecule has 0 aliphatic rings. The number of pyridine rings is 1. The number of amides is 1. The van der Waals surface area contributed by atoms with Crippen LogP contribution in [0.1, 0.15) is 23.2 Å². The zero-order chi connectivity index (χ0) is 15.1. The minimum absolute atomic E-state index is 0.215. The van der Waals surface area contributed by atoms with Gasteiger partial charge in [-0.3, -0.25) is 4.79 Å². The van der Waals surface area contributed by atoms with E-state index in [2.05, 4.69) is 20.6 Å². The quantitative estimate of drug-likeness (QED) is 0.761. The zero-order valence-corrected chi connectivity index (χ0v) is 11.8. The number of imidazole rings is 1. The molecule has 2 aromatic heterocycles. The van der Waals surface area contributed by atoms with E-state index in [1.807, 2.05) is 10.8 Å². The van der Waals surface area contributed by atoms with Crippen molar-refractivity contribution in [2.75, 3.05) is 18.9 Å². The van der Waals surface area contributed by atoms with Crippen molar-refractivity contribution in [3.8, 4) is 0 Å². The fourth-order valence-electron chi connectivity index (χ4n) is 1.95. The van der Waals surface area contributed by atoms with E-state index in [1.165, 1.54) is 6.07 Å². The summed E-state index contributed by atoms with van der Waals surface area (Å²) in [5.74, 6) is -0.486. The first-order valence-corrected chi connectivity index (χ1v) is 6.78. The molecular weight excluding hydrogens is 273 g/mol. The van der Waals surface area contributed by atoms with Gasteiger partial charge in [-0.15, -0.1) is 0 Å². The molecule has 0 bridgehead atoms. The average molecular weight is 291 g/mol. The molecule has 6 nitrogen and oxygen atoms in total. The Morgan fingerprint density at radius 1 is 1.43 bits per heavy atom. The van der Waals surface area contributed by atoms with E-state index in [-0.39, 0.29) is 11.5 Å². The fraction of sp³-hybridized carbons (Fsp3) is 0.357. The van der Waals surface area contributed by atoms with Crippen LogP contribution in [-0.2, 0) is 6.54 Å². The Bertz CT molecular complexity index is 585. The number of anilines is 1. The van der Waals surface area contributed by atoms with Crippen molar-refractivity contribution in [2.45, 2.75) is 19.4 Å². The van der Waals surface area contributed by atoms with Gasteiger partial charge in [0.05, 0.1) is 18.1 Å². The molecule has 0 fully saturated rings. The zero-order valence-electron chi connectivity index (χ0n) is 11.8. The molecule has 0 atom stereocenters. The van der Waals surface area contributed by atoms with E-state index in [4.69, 9.17) is 0 Å². The maximum atomic E-state index is 13.2. The number of hydrogen-bond donors (Lipinski definition) is 2. The molecule has 0 spiro atoms. The summed E-state index contributed by atoms with van der Waals surface area (Å²) in [6, 6.07) is 1.18. The first kappa shape index (κ1) is 15.0. The van der Waals surface area contributed by atoms with Crippen molar-refractivity contribution in [3.63, 3.8) is 0 Å². The molecule has 0 unspecified atom stereocenters. The standard InChI is InChI=1S/C14H18FN5O/c1-16-13-12(8-11(15)9-19-13)14(21)18-4-2-3-6-20-7-5-17-10-20/h5,7-10H,2-4,6H2,1H3,(H,16,19)(H,18,21). The van der Waals surface area contributed by atoms with Crippen molar-refractivity contribution < 1.29 is 9.18 Å². The first-order valence-electron chi connectivity index (χ1n) is 6.78. The van der Waals surface area contributed by atoms with E-state index >= 15 is 0 Å². The minimum Gasteiger partial charge on any atom is -0.372 e. The average Bonchev–Trinajstić information content (AvgIpc) is 3.00. The van der Waals surface area contributed by atoms with Gasteiger partial charge in [0.15, 0.2) is 0 Å². The molecule has 0 aliphatic carbocycles. The van der Waals surface area contributed by atoms with Crippen LogP contribution < -0.4 is 10.6 Å². The SMILES string of the molecule is CNc1ncc(F)cc1C(=O)NCCCCn1ccnc1. The van der Waals surface area contributed by atoms with Gasteiger partial charge in [-0.25, -0.2) is 14.4 Å². The molecule has 0 radical (unpaired) electrons. The van der Waals surface area contributed by atoms with Gasteiger partial charge >= 0.3 is 0 Å². The summed E-state index contributed by atoms with van der Waals surface area (Å²) in [6.07, 6.45) is 8.23. The van der Waals surface area contributed by atoms with Crippen molar-refractivity contribution in [1.82, 2.24) is 19.9 Å². The van der Waals surface area contributed by atoms with Gasteiger partial charge in [0.25, 0.3) is 5.91 Å². The summed E-state index contributed by atoms with van der Waals surface area (Å²) in [6.45, 7) is 1.40. The van der Waals surface area contributed by atoms with Crippen molar-refractivity contribution >= 4 is 11.7 Å². The van der Waals surface area contributed by atoms with E-state index in [0.29, 0.717) is 12.4 Å². The topological polar surface area (TPSA) is 71.8 Å². The lowest BCUT2D eigenvalue weighted by Gasteiger charge is -2.09. The van der Waals surface area contributed by atoms with E-state index in [1.54, 1.807) is 19.6 Å². The Morgan fingerprint density at radius 3 is 3.00 bits per heavy atom. The Labute approximate surface area is 122 Å². The molecule has 2 aromatic rings. The lowest BCUT2D eigenvalue weighted by molar-refractivity contribution is 0.0953. The van der Waals surface area contributed by atoms with Gasteiger partial charge in [0.2, 0.25) is 0 Å². The smallest absolute Gasteiger partial charge is 0.255 e. The lowest BCUT2D eigenvalue weighted by atomic mass is 10.2. The molecule has 2 heterocycles. The van der Waals surface area contributed by atoms with Crippen molar-refractivity contribution in [3.05, 3.63) is 42.4 Å². The molecule has 0 saturated heterocycles. The molecule has 7 heteroatoms. The lowest BCUT2D eigenvalue weighted by Crippen LogP contribution is -2.26. The molecule has 1 amide bonds. The molecule has 0 saturated carbocycles. The Hall–Kier alpha value is -2.44. The summed E-state index contributed by atoms with van der Waals surface area (Å²) < 4.78 is 15.1. The highest BCUT2D eigenvalue weighted by atomic mass is 19.1. The van der Waals surface area contributed by atoms with Gasteiger partial charge in [0.1, 0.15) is 11.6 Å². The third kappa shape index (κ3) is 4.27. The van der Waals surface area contributed by atoms with Crippen LogP contribution >= 0.6 is 0 Å². The molecule has 2 rings (SSSR count). The second-order valence-electron chi connectivity index (χ2n) is 4.56. The maximum Gasteiger partial charge on any atom is 0.255 e. The van der Waals surface area contributed by atoms with E-state index < -0.39 is 5.82 Å². The second kappa shape index (κ2) is 7.37. The summed E-state index contributed by atoms with van der Waals surface area (Å²) in [5.41, 5.74) is 0.215. The number of aromatic nitrogens is 3. The van der Waals surface area contributed by atoms with Crippen LogP contribution in [0.3, 0.4) is 0 Å². The van der Waals surface area contributed by atoms with Crippen LogP contribution in [0.15, 0.2) is 31.0 Å². The summed E-state index contributed by atoms with van der Waals surface area (Å²) in [5, 5.41) is 5.55.